The minimum absolute atomic E-state index is 0.0365. The fourth-order valence-electron chi connectivity index (χ4n) is 2.49. The Labute approximate surface area is 138 Å². The lowest BCUT2D eigenvalue weighted by atomic mass is 9.91. The van der Waals surface area contributed by atoms with Gasteiger partial charge in [0, 0.05) is 6.42 Å². The van der Waals surface area contributed by atoms with Crippen LogP contribution < -0.4 is 10.1 Å². The fourth-order valence-corrected chi connectivity index (χ4v) is 2.49. The van der Waals surface area contributed by atoms with Gasteiger partial charge in [-0.1, -0.05) is 63.2 Å². The average molecular weight is 311 g/mol. The van der Waals surface area contributed by atoms with Gasteiger partial charge in [0.05, 0.1) is 13.2 Å². The molecule has 3 heteroatoms. The number of ether oxygens (including phenoxy) is 1. The highest BCUT2D eigenvalue weighted by Gasteiger charge is 2.21. The number of benzene rings is 2. The maximum Gasteiger partial charge on any atom is 0.221 e. The molecule has 0 saturated heterocycles. The fraction of sp³-hybridized carbons (Fsp3) is 0.350. The Kier molecular flexibility index (Phi) is 5.43. The summed E-state index contributed by atoms with van der Waals surface area (Å²) in [5, 5.41) is 3.16. The van der Waals surface area contributed by atoms with E-state index in [0.29, 0.717) is 6.42 Å². The zero-order valence-electron chi connectivity index (χ0n) is 14.3. The first-order chi connectivity index (χ1) is 10.9. The van der Waals surface area contributed by atoms with Crippen molar-refractivity contribution < 1.29 is 9.53 Å². The van der Waals surface area contributed by atoms with Crippen molar-refractivity contribution in [3.63, 3.8) is 0 Å². The summed E-state index contributed by atoms with van der Waals surface area (Å²) in [6, 6.07) is 17.7. The van der Waals surface area contributed by atoms with Gasteiger partial charge in [0.1, 0.15) is 5.75 Å². The third-order valence-corrected chi connectivity index (χ3v) is 3.58. The number of nitrogens with one attached hydrogen (secondary N) is 1. The molecule has 3 nitrogen and oxygen atoms in total. The zero-order chi connectivity index (χ0) is 16.9. The van der Waals surface area contributed by atoms with Crippen LogP contribution in [0.5, 0.6) is 5.75 Å². The Morgan fingerprint density at radius 3 is 2.09 bits per heavy atom. The number of hydrogen-bond donors (Lipinski definition) is 1. The lowest BCUT2D eigenvalue weighted by Gasteiger charge is -2.23. The Morgan fingerprint density at radius 1 is 1.00 bits per heavy atom. The third-order valence-electron chi connectivity index (χ3n) is 3.58. The Hall–Kier alpha value is -2.29. The van der Waals surface area contributed by atoms with E-state index in [1.54, 1.807) is 7.11 Å². The van der Waals surface area contributed by atoms with E-state index in [1.807, 2.05) is 54.6 Å². The smallest absolute Gasteiger partial charge is 0.221 e. The highest BCUT2D eigenvalue weighted by Crippen LogP contribution is 2.25. The molecular weight excluding hydrogens is 286 g/mol. The summed E-state index contributed by atoms with van der Waals surface area (Å²) in [6.45, 7) is 6.20. The molecule has 0 unspecified atom stereocenters. The summed E-state index contributed by atoms with van der Waals surface area (Å²) in [4.78, 5) is 12.4. The molecule has 0 aliphatic heterocycles. The predicted octanol–water partition coefficient (Wildman–Crippen LogP) is 4.34. The minimum atomic E-state index is -0.156. The molecule has 1 N–H and O–H groups in total. The molecule has 2 rings (SSSR count). The van der Waals surface area contributed by atoms with Gasteiger partial charge in [-0.2, -0.15) is 0 Å². The molecule has 0 heterocycles. The van der Waals surface area contributed by atoms with Crippen molar-refractivity contribution in [2.75, 3.05) is 7.11 Å². The number of hydrogen-bond acceptors (Lipinski definition) is 2. The summed E-state index contributed by atoms with van der Waals surface area (Å²) < 4.78 is 5.21. The van der Waals surface area contributed by atoms with E-state index in [2.05, 4.69) is 26.1 Å². The highest BCUT2D eigenvalue weighted by molar-refractivity contribution is 5.77. The molecule has 2 aromatic carbocycles. The quantitative estimate of drug-likeness (QED) is 0.892. The molecule has 1 amide bonds. The van der Waals surface area contributed by atoms with Crippen molar-refractivity contribution >= 4 is 5.91 Å². The van der Waals surface area contributed by atoms with Crippen LogP contribution in [-0.2, 0) is 4.79 Å². The molecule has 0 saturated carbocycles. The molecular formula is C20H25NO2. The van der Waals surface area contributed by atoms with Crippen molar-refractivity contribution in [2.24, 2.45) is 5.41 Å². The van der Waals surface area contributed by atoms with E-state index in [9.17, 15) is 4.79 Å². The van der Waals surface area contributed by atoms with Crippen molar-refractivity contribution in [3.8, 4) is 5.75 Å². The zero-order valence-corrected chi connectivity index (χ0v) is 14.3. The van der Waals surface area contributed by atoms with Gasteiger partial charge in [0.25, 0.3) is 0 Å². The number of methoxy groups -OCH3 is 1. The van der Waals surface area contributed by atoms with Crippen molar-refractivity contribution in [1.29, 1.82) is 0 Å². The lowest BCUT2D eigenvalue weighted by Crippen LogP contribution is -2.32. The van der Waals surface area contributed by atoms with E-state index in [-0.39, 0.29) is 17.4 Å². The minimum Gasteiger partial charge on any atom is -0.497 e. The second-order valence-electron chi connectivity index (χ2n) is 6.92. The first kappa shape index (κ1) is 17.1. The molecule has 1 atom stereocenters. The van der Waals surface area contributed by atoms with Crippen LogP contribution in [0.4, 0.5) is 0 Å². The summed E-state index contributed by atoms with van der Waals surface area (Å²) >= 11 is 0. The second-order valence-corrected chi connectivity index (χ2v) is 6.92. The topological polar surface area (TPSA) is 38.3 Å². The maximum atomic E-state index is 12.4. The standard InChI is InChI=1S/C20H25NO2/c1-20(2,3)14-18(22)21-19(15-8-6-5-7-9-15)16-10-12-17(23-4)13-11-16/h5-13,19H,14H2,1-4H3,(H,21,22)/t19-/m1/s1. The van der Waals surface area contributed by atoms with Crippen LogP contribution in [0.1, 0.15) is 44.4 Å². The molecule has 0 fully saturated rings. The molecule has 0 aliphatic rings. The highest BCUT2D eigenvalue weighted by atomic mass is 16.5. The van der Waals surface area contributed by atoms with Crippen molar-refractivity contribution in [3.05, 3.63) is 65.7 Å². The first-order valence-corrected chi connectivity index (χ1v) is 7.87. The molecule has 0 aliphatic carbocycles. The maximum absolute atomic E-state index is 12.4. The van der Waals surface area contributed by atoms with Crippen LogP contribution in [-0.4, -0.2) is 13.0 Å². The van der Waals surface area contributed by atoms with Crippen molar-refractivity contribution in [2.45, 2.75) is 33.2 Å². The number of carbonyl (C=O) groups excluding carboxylic acids is 1. The van der Waals surface area contributed by atoms with Crippen LogP contribution in [0, 0.1) is 5.41 Å². The van der Waals surface area contributed by atoms with E-state index in [0.717, 1.165) is 16.9 Å². The normalized spacial score (nSPS) is 12.5. The van der Waals surface area contributed by atoms with Gasteiger partial charge in [-0.15, -0.1) is 0 Å². The van der Waals surface area contributed by atoms with E-state index < -0.39 is 0 Å². The van der Waals surface area contributed by atoms with Gasteiger partial charge in [-0.3, -0.25) is 4.79 Å². The van der Waals surface area contributed by atoms with E-state index in [4.69, 9.17) is 4.74 Å². The molecule has 0 spiro atoms. The monoisotopic (exact) mass is 311 g/mol. The van der Waals surface area contributed by atoms with Crippen LogP contribution in [0.15, 0.2) is 54.6 Å². The molecule has 23 heavy (non-hydrogen) atoms. The lowest BCUT2D eigenvalue weighted by molar-refractivity contribution is -0.123. The molecule has 0 bridgehead atoms. The molecule has 0 aromatic heterocycles. The number of rotatable bonds is 5. The van der Waals surface area contributed by atoms with Crippen LogP contribution in [0.25, 0.3) is 0 Å². The van der Waals surface area contributed by atoms with Gasteiger partial charge < -0.3 is 10.1 Å². The summed E-state index contributed by atoms with van der Waals surface area (Å²) in [5.74, 6) is 0.865. The van der Waals surface area contributed by atoms with Gasteiger partial charge >= 0.3 is 0 Å². The van der Waals surface area contributed by atoms with Gasteiger partial charge in [0.2, 0.25) is 5.91 Å². The average Bonchev–Trinajstić information content (AvgIpc) is 2.52. The molecule has 2 aromatic rings. The van der Waals surface area contributed by atoms with Gasteiger partial charge in [0.15, 0.2) is 0 Å². The first-order valence-electron chi connectivity index (χ1n) is 7.87. The SMILES string of the molecule is COc1ccc([C@H](NC(=O)CC(C)(C)C)c2ccccc2)cc1. The number of carbonyl (C=O) groups is 1. The van der Waals surface area contributed by atoms with Crippen LogP contribution in [0.2, 0.25) is 0 Å². The number of amides is 1. The molecule has 122 valence electrons. The predicted molar refractivity (Wildman–Crippen MR) is 93.5 cm³/mol. The summed E-state index contributed by atoms with van der Waals surface area (Å²) in [5.41, 5.74) is 2.07. The van der Waals surface area contributed by atoms with Crippen molar-refractivity contribution in [1.82, 2.24) is 5.32 Å². The van der Waals surface area contributed by atoms with Crippen LogP contribution >= 0.6 is 0 Å². The van der Waals surface area contributed by atoms with E-state index in [1.165, 1.54) is 0 Å². The third kappa shape index (κ3) is 5.13. The van der Waals surface area contributed by atoms with E-state index >= 15 is 0 Å². The van der Waals surface area contributed by atoms with Gasteiger partial charge in [-0.05, 0) is 28.7 Å². The van der Waals surface area contributed by atoms with Gasteiger partial charge in [-0.25, -0.2) is 0 Å². The molecule has 0 radical (unpaired) electrons. The second kappa shape index (κ2) is 7.32. The Morgan fingerprint density at radius 2 is 1.57 bits per heavy atom. The summed E-state index contributed by atoms with van der Waals surface area (Å²) in [6.07, 6.45) is 0.493. The summed E-state index contributed by atoms with van der Waals surface area (Å²) in [7, 11) is 1.65. The largest absolute Gasteiger partial charge is 0.497 e. The van der Waals surface area contributed by atoms with Crippen LogP contribution in [0.3, 0.4) is 0 Å². The Balaban J connectivity index is 2.27. The Bertz CT molecular complexity index is 627.